The minimum Gasteiger partial charge on any atom is -0.305 e. The Kier molecular flexibility index (Phi) is 5.35. The molecular formula is C20H21FN6O2S. The van der Waals surface area contributed by atoms with Crippen molar-refractivity contribution in [1.82, 2.24) is 14.8 Å². The van der Waals surface area contributed by atoms with Crippen LogP contribution in [0.4, 0.5) is 14.9 Å². The van der Waals surface area contributed by atoms with E-state index >= 15 is 0 Å². The predicted molar refractivity (Wildman–Crippen MR) is 112 cm³/mol. The number of halogens is 1. The van der Waals surface area contributed by atoms with Crippen LogP contribution in [-0.4, -0.2) is 25.0 Å². The molecule has 10 heteroatoms. The molecule has 1 aromatic carbocycles. The van der Waals surface area contributed by atoms with Crippen LogP contribution in [0.2, 0.25) is 0 Å². The summed E-state index contributed by atoms with van der Waals surface area (Å²) in [5.74, 6) is -0.504. The van der Waals surface area contributed by atoms with Gasteiger partial charge in [-0.2, -0.15) is 5.10 Å². The zero-order valence-electron chi connectivity index (χ0n) is 16.3. The van der Waals surface area contributed by atoms with E-state index in [0.29, 0.717) is 23.4 Å². The van der Waals surface area contributed by atoms with Crippen molar-refractivity contribution in [3.8, 4) is 11.1 Å². The van der Waals surface area contributed by atoms with Crippen LogP contribution in [-0.2, 0) is 29.3 Å². The topological polar surface area (TPSA) is 115 Å². The van der Waals surface area contributed by atoms with Crippen molar-refractivity contribution in [1.29, 1.82) is 0 Å². The molecule has 1 aliphatic carbocycles. The van der Waals surface area contributed by atoms with Crippen LogP contribution in [0.5, 0.6) is 0 Å². The summed E-state index contributed by atoms with van der Waals surface area (Å²) in [6.07, 6.45) is 6.76. The van der Waals surface area contributed by atoms with Gasteiger partial charge in [-0.05, 0) is 49.4 Å². The number of carbonyl (C=O) groups is 1. The maximum atomic E-state index is 14.4. The first-order valence-corrected chi connectivity index (χ1v) is 11.1. The first-order chi connectivity index (χ1) is 14.4. The number of hydrogen-bond acceptors (Lipinski definition) is 4. The second-order valence-corrected chi connectivity index (χ2v) is 8.67. The van der Waals surface area contributed by atoms with Crippen molar-refractivity contribution >= 4 is 21.6 Å². The van der Waals surface area contributed by atoms with Crippen LogP contribution in [0.3, 0.4) is 0 Å². The molecular weight excluding hydrogens is 407 g/mol. The van der Waals surface area contributed by atoms with E-state index in [0.717, 1.165) is 36.6 Å². The van der Waals surface area contributed by atoms with Gasteiger partial charge in [-0.15, -0.1) is 4.36 Å². The van der Waals surface area contributed by atoms with Gasteiger partial charge in [-0.25, -0.2) is 18.5 Å². The van der Waals surface area contributed by atoms with Gasteiger partial charge in [-0.1, -0.05) is 12.1 Å². The molecule has 8 nitrogen and oxygen atoms in total. The van der Waals surface area contributed by atoms with Crippen LogP contribution in [0.15, 0.2) is 52.2 Å². The average molecular weight is 428 g/mol. The molecule has 3 aromatic rings. The third-order valence-corrected chi connectivity index (χ3v) is 6.29. The molecule has 3 N–H and O–H groups in total. The number of aromatic nitrogens is 3. The van der Waals surface area contributed by atoms with Crippen LogP contribution in [0, 0.1) is 5.82 Å². The quantitative estimate of drug-likeness (QED) is 0.661. The molecule has 4 rings (SSSR count). The van der Waals surface area contributed by atoms with Crippen LogP contribution in [0.25, 0.3) is 11.1 Å². The highest BCUT2D eigenvalue weighted by Gasteiger charge is 2.22. The zero-order valence-corrected chi connectivity index (χ0v) is 17.2. The number of nitrogens with zero attached hydrogens (tertiary/aromatic N) is 4. The van der Waals surface area contributed by atoms with Gasteiger partial charge in [-0.3, -0.25) is 9.67 Å². The maximum Gasteiger partial charge on any atom is 0.354 e. The monoisotopic (exact) mass is 428 g/mol. The fraction of sp³-hybridized carbons (Fsp3) is 0.250. The Morgan fingerprint density at radius 3 is 2.87 bits per heavy atom. The Labute approximate surface area is 173 Å². The van der Waals surface area contributed by atoms with E-state index in [1.165, 1.54) is 12.3 Å². The molecule has 30 heavy (non-hydrogen) atoms. The van der Waals surface area contributed by atoms with Crippen molar-refractivity contribution in [3.63, 3.8) is 0 Å². The molecule has 0 aliphatic heterocycles. The molecule has 1 unspecified atom stereocenters. The molecule has 2 heterocycles. The fourth-order valence-corrected chi connectivity index (χ4v) is 4.47. The van der Waals surface area contributed by atoms with Crippen LogP contribution >= 0.6 is 0 Å². The van der Waals surface area contributed by atoms with Gasteiger partial charge in [0.1, 0.15) is 5.82 Å². The van der Waals surface area contributed by atoms with Crippen molar-refractivity contribution in [2.45, 2.75) is 37.8 Å². The number of pyridine rings is 1. The minimum absolute atomic E-state index is 0.0261. The van der Waals surface area contributed by atoms with E-state index in [1.54, 1.807) is 23.0 Å². The highest BCUT2D eigenvalue weighted by Crippen LogP contribution is 2.38. The summed E-state index contributed by atoms with van der Waals surface area (Å²) in [5, 5.41) is 12.6. The van der Waals surface area contributed by atoms with Crippen molar-refractivity contribution < 1.29 is 13.4 Å². The Morgan fingerprint density at radius 1 is 1.30 bits per heavy atom. The number of carbonyl (C=O) groups excluding carboxylic acids is 1. The minimum atomic E-state index is -3.52. The van der Waals surface area contributed by atoms with Gasteiger partial charge >= 0.3 is 6.03 Å². The van der Waals surface area contributed by atoms with E-state index in [1.807, 2.05) is 13.0 Å². The summed E-state index contributed by atoms with van der Waals surface area (Å²) < 4.78 is 32.4. The lowest BCUT2D eigenvalue weighted by atomic mass is 9.97. The van der Waals surface area contributed by atoms with E-state index < -0.39 is 21.8 Å². The first-order valence-electron chi connectivity index (χ1n) is 9.53. The van der Waals surface area contributed by atoms with Crippen LogP contribution in [0.1, 0.15) is 24.5 Å². The molecule has 0 fully saturated rings. The lowest BCUT2D eigenvalue weighted by molar-refractivity contribution is 0.260. The van der Waals surface area contributed by atoms with Gasteiger partial charge in [0.05, 0.1) is 11.9 Å². The number of rotatable bonds is 4. The summed E-state index contributed by atoms with van der Waals surface area (Å²) in [5.41, 5.74) is 3.28. The number of urea groups is 1. The van der Waals surface area contributed by atoms with Crippen molar-refractivity contribution in [2.75, 3.05) is 5.32 Å². The Morgan fingerprint density at radius 2 is 2.13 bits per heavy atom. The molecule has 0 saturated heterocycles. The Bertz CT molecular complexity index is 1250. The summed E-state index contributed by atoms with van der Waals surface area (Å²) in [7, 11) is -3.52. The standard InChI is InChI=1S/C20H21FN6O2S/c1-2-27-11-9-18(25-27)30(22,29)26-20(28)24-19-14-5-3-4-13(14)6-7-16(19)15-8-10-23-12-17(15)21/h6-12H,2-5H2,1H3,(H3,22,24,26,28,29). The molecule has 2 aromatic heterocycles. The highest BCUT2D eigenvalue weighted by atomic mass is 32.2. The molecule has 0 saturated carbocycles. The SMILES string of the molecule is CCn1ccc(S(N)(=O)=NC(=O)Nc2c(-c3ccncc3F)ccc3c2CCC3)n1. The van der Waals surface area contributed by atoms with E-state index in [4.69, 9.17) is 5.14 Å². The molecule has 0 bridgehead atoms. The first kappa shape index (κ1) is 20.2. The van der Waals surface area contributed by atoms with Gasteiger partial charge in [0.25, 0.3) is 0 Å². The second-order valence-electron chi connectivity index (χ2n) is 6.93. The summed E-state index contributed by atoms with van der Waals surface area (Å²) in [4.78, 5) is 16.4. The third-order valence-electron chi connectivity index (χ3n) is 5.04. The maximum absolute atomic E-state index is 14.4. The number of benzene rings is 1. The number of nitrogens with one attached hydrogen (secondary N) is 1. The molecule has 1 atom stereocenters. The van der Waals surface area contributed by atoms with E-state index in [2.05, 4.69) is 19.8 Å². The normalized spacial score (nSPS) is 14.8. The number of aryl methyl sites for hydroxylation is 2. The van der Waals surface area contributed by atoms with Gasteiger partial charge in [0, 0.05) is 30.1 Å². The number of nitrogens with two attached hydrogens (primary N) is 1. The summed E-state index contributed by atoms with van der Waals surface area (Å²) >= 11 is 0. The predicted octanol–water partition coefficient (Wildman–Crippen LogP) is 3.53. The Hall–Kier alpha value is -3.11. The second kappa shape index (κ2) is 7.96. The lowest BCUT2D eigenvalue weighted by Crippen LogP contribution is -2.19. The molecule has 1 aliphatic rings. The Balaban J connectivity index is 1.74. The number of hydrogen-bond donors (Lipinski definition) is 2. The molecule has 0 radical (unpaired) electrons. The van der Waals surface area contributed by atoms with E-state index in [-0.39, 0.29) is 5.03 Å². The number of fused-ring (bicyclic) bond motifs is 1. The third kappa shape index (κ3) is 3.83. The smallest absolute Gasteiger partial charge is 0.305 e. The summed E-state index contributed by atoms with van der Waals surface area (Å²) in [6.45, 7) is 2.44. The summed E-state index contributed by atoms with van der Waals surface area (Å²) in [6, 6.07) is 5.85. The molecule has 156 valence electrons. The van der Waals surface area contributed by atoms with Gasteiger partial charge in [0.2, 0.25) is 0 Å². The van der Waals surface area contributed by atoms with Crippen LogP contribution < -0.4 is 10.5 Å². The van der Waals surface area contributed by atoms with Crippen molar-refractivity contribution in [2.24, 2.45) is 9.50 Å². The van der Waals surface area contributed by atoms with Crippen molar-refractivity contribution in [3.05, 3.63) is 59.8 Å². The highest BCUT2D eigenvalue weighted by molar-refractivity contribution is 7.91. The molecule has 0 spiro atoms. The lowest BCUT2D eigenvalue weighted by Gasteiger charge is -2.15. The largest absolute Gasteiger partial charge is 0.354 e. The zero-order chi connectivity index (χ0) is 21.3. The average Bonchev–Trinajstić information content (AvgIpc) is 3.38. The van der Waals surface area contributed by atoms with E-state index in [9.17, 15) is 13.4 Å². The van der Waals surface area contributed by atoms with Gasteiger partial charge in [0.15, 0.2) is 14.9 Å². The fourth-order valence-electron chi connectivity index (χ4n) is 3.60. The number of anilines is 1. The molecule has 2 amide bonds. The number of amides is 2. The van der Waals surface area contributed by atoms with Gasteiger partial charge < -0.3 is 5.32 Å².